The summed E-state index contributed by atoms with van der Waals surface area (Å²) in [4.78, 5) is 16.1. The maximum Gasteiger partial charge on any atom is 0.349 e. The summed E-state index contributed by atoms with van der Waals surface area (Å²) >= 11 is 1.16. The van der Waals surface area contributed by atoms with Crippen molar-refractivity contribution in [2.24, 2.45) is 5.92 Å². The lowest BCUT2D eigenvalue weighted by molar-refractivity contribution is 0.0606. The normalized spacial score (nSPS) is 18.3. The first-order valence-corrected chi connectivity index (χ1v) is 9.52. The van der Waals surface area contributed by atoms with Crippen LogP contribution < -0.4 is 9.47 Å². The van der Waals surface area contributed by atoms with Gasteiger partial charge in [0.25, 0.3) is 5.19 Å². The fourth-order valence-electron chi connectivity index (χ4n) is 3.24. The van der Waals surface area contributed by atoms with E-state index >= 15 is 0 Å². The van der Waals surface area contributed by atoms with E-state index in [2.05, 4.69) is 24.0 Å². The number of esters is 1. The molecule has 0 fully saturated rings. The Balaban J connectivity index is 1.52. The van der Waals surface area contributed by atoms with Crippen LogP contribution in [0.5, 0.6) is 16.7 Å². The van der Waals surface area contributed by atoms with Crippen molar-refractivity contribution >= 4 is 17.3 Å². The molecule has 2 atom stereocenters. The third-order valence-electron chi connectivity index (χ3n) is 4.55. The zero-order valence-electron chi connectivity index (χ0n) is 15.0. The van der Waals surface area contributed by atoms with Crippen molar-refractivity contribution in [2.75, 3.05) is 7.11 Å². The first kappa shape index (κ1) is 17.5. The molecule has 1 aliphatic heterocycles. The van der Waals surface area contributed by atoms with Crippen molar-refractivity contribution in [2.45, 2.75) is 19.4 Å². The van der Waals surface area contributed by atoms with Gasteiger partial charge >= 0.3 is 5.97 Å². The van der Waals surface area contributed by atoms with E-state index in [9.17, 15) is 4.79 Å². The summed E-state index contributed by atoms with van der Waals surface area (Å²) < 4.78 is 16.8. The van der Waals surface area contributed by atoms with Crippen molar-refractivity contribution in [3.63, 3.8) is 0 Å². The van der Waals surface area contributed by atoms with Crippen molar-refractivity contribution in [1.82, 2.24) is 4.98 Å². The Morgan fingerprint density at radius 3 is 2.81 bits per heavy atom. The Kier molecular flexibility index (Phi) is 4.81. The predicted molar refractivity (Wildman–Crippen MR) is 103 cm³/mol. The highest BCUT2D eigenvalue weighted by atomic mass is 32.1. The number of benzene rings is 2. The maximum atomic E-state index is 11.5. The molecule has 0 aliphatic carbocycles. The summed E-state index contributed by atoms with van der Waals surface area (Å²) in [5, 5.41) is 0.405. The first-order chi connectivity index (χ1) is 13.1. The Hall–Kier alpha value is -2.86. The van der Waals surface area contributed by atoms with Crippen LogP contribution in [0.4, 0.5) is 0 Å². The van der Waals surface area contributed by atoms with Gasteiger partial charge in [0.15, 0.2) is 0 Å². The van der Waals surface area contributed by atoms with Gasteiger partial charge in [0.2, 0.25) is 0 Å². The van der Waals surface area contributed by atoms with Crippen LogP contribution in [0.1, 0.15) is 33.8 Å². The fraction of sp³-hybridized carbons (Fsp3) is 0.238. The Labute approximate surface area is 161 Å². The van der Waals surface area contributed by atoms with Crippen molar-refractivity contribution < 1.29 is 19.0 Å². The van der Waals surface area contributed by atoms with Gasteiger partial charge in [-0.1, -0.05) is 48.6 Å². The zero-order valence-corrected chi connectivity index (χ0v) is 15.9. The molecule has 1 aromatic heterocycles. The summed E-state index contributed by atoms with van der Waals surface area (Å²) in [6.45, 7) is 2.19. The number of fused-ring (bicyclic) bond motifs is 1. The number of hydrogen-bond donors (Lipinski definition) is 0. The Morgan fingerprint density at radius 1 is 1.22 bits per heavy atom. The van der Waals surface area contributed by atoms with Gasteiger partial charge in [-0.2, -0.15) is 0 Å². The number of rotatable bonds is 4. The van der Waals surface area contributed by atoms with Crippen LogP contribution in [0.3, 0.4) is 0 Å². The third-order valence-corrected chi connectivity index (χ3v) is 5.40. The van der Waals surface area contributed by atoms with Gasteiger partial charge < -0.3 is 14.2 Å². The van der Waals surface area contributed by atoms with Crippen LogP contribution in [0.15, 0.2) is 54.7 Å². The number of carbonyl (C=O) groups is 1. The summed E-state index contributed by atoms with van der Waals surface area (Å²) in [7, 11) is 1.34. The monoisotopic (exact) mass is 381 g/mol. The van der Waals surface area contributed by atoms with Crippen LogP contribution >= 0.6 is 11.3 Å². The predicted octanol–water partition coefficient (Wildman–Crippen LogP) is 5.03. The topological polar surface area (TPSA) is 57.7 Å². The average Bonchev–Trinajstić information content (AvgIpc) is 3.16. The number of aromatic nitrogens is 1. The molecular formula is C21H19NO4S. The SMILES string of the molecule is COC(=O)c1cnc(Oc2ccc3c(c2)CC(C)C(c2ccccc2)O3)s1. The summed E-state index contributed by atoms with van der Waals surface area (Å²) in [6, 6.07) is 16.1. The molecule has 138 valence electrons. The summed E-state index contributed by atoms with van der Waals surface area (Å²) in [5.41, 5.74) is 2.30. The van der Waals surface area contributed by atoms with Crippen LogP contribution in [-0.4, -0.2) is 18.1 Å². The molecule has 0 saturated heterocycles. The van der Waals surface area contributed by atoms with Crippen LogP contribution in [0.25, 0.3) is 0 Å². The molecule has 3 aromatic rings. The lowest BCUT2D eigenvalue weighted by Gasteiger charge is -2.32. The molecule has 27 heavy (non-hydrogen) atoms. The maximum absolute atomic E-state index is 11.5. The van der Waals surface area contributed by atoms with Crippen molar-refractivity contribution in [1.29, 1.82) is 0 Å². The Bertz CT molecular complexity index is 954. The van der Waals surface area contributed by atoms with E-state index < -0.39 is 5.97 Å². The van der Waals surface area contributed by atoms with Gasteiger partial charge in [-0.05, 0) is 35.7 Å². The van der Waals surface area contributed by atoms with E-state index in [1.54, 1.807) is 0 Å². The molecule has 1 aliphatic rings. The van der Waals surface area contributed by atoms with Gasteiger partial charge in [-0.3, -0.25) is 0 Å². The summed E-state index contributed by atoms with van der Waals surface area (Å²) in [6.07, 6.45) is 2.41. The van der Waals surface area contributed by atoms with Crippen LogP contribution in [-0.2, 0) is 11.2 Å². The summed E-state index contributed by atoms with van der Waals surface area (Å²) in [5.74, 6) is 1.49. The largest absolute Gasteiger partial charge is 0.485 e. The quantitative estimate of drug-likeness (QED) is 0.593. The molecule has 0 N–H and O–H groups in total. The minimum atomic E-state index is -0.415. The molecule has 4 rings (SSSR count). The average molecular weight is 381 g/mol. The number of nitrogens with zero attached hydrogens (tertiary/aromatic N) is 1. The van der Waals surface area contributed by atoms with E-state index in [0.29, 0.717) is 21.7 Å². The molecular weight excluding hydrogens is 362 g/mol. The number of ether oxygens (including phenoxy) is 3. The molecule has 0 radical (unpaired) electrons. The molecule has 2 aromatic carbocycles. The van der Waals surface area contributed by atoms with E-state index in [1.165, 1.54) is 18.9 Å². The highest BCUT2D eigenvalue weighted by Gasteiger charge is 2.28. The van der Waals surface area contributed by atoms with Crippen molar-refractivity contribution in [3.05, 3.63) is 70.7 Å². The third kappa shape index (κ3) is 3.66. The van der Waals surface area contributed by atoms with Gasteiger partial charge in [0.1, 0.15) is 22.5 Å². The molecule has 0 amide bonds. The number of methoxy groups -OCH3 is 1. The highest BCUT2D eigenvalue weighted by Crippen LogP contribution is 2.40. The molecule has 5 nitrogen and oxygen atoms in total. The van der Waals surface area contributed by atoms with E-state index in [4.69, 9.17) is 14.2 Å². The fourth-order valence-corrected chi connectivity index (χ4v) is 3.94. The van der Waals surface area contributed by atoms with E-state index in [0.717, 1.165) is 29.1 Å². The van der Waals surface area contributed by atoms with Crippen LogP contribution in [0.2, 0.25) is 0 Å². The smallest absolute Gasteiger partial charge is 0.349 e. The van der Waals surface area contributed by atoms with Crippen molar-refractivity contribution in [3.8, 4) is 16.7 Å². The van der Waals surface area contributed by atoms with Gasteiger partial charge in [-0.15, -0.1) is 0 Å². The molecule has 0 spiro atoms. The highest BCUT2D eigenvalue weighted by molar-refractivity contribution is 7.15. The number of thiazole rings is 1. The van der Waals surface area contributed by atoms with Gasteiger partial charge in [-0.25, -0.2) is 9.78 Å². The second kappa shape index (κ2) is 7.40. The van der Waals surface area contributed by atoms with Gasteiger partial charge in [0, 0.05) is 5.92 Å². The van der Waals surface area contributed by atoms with E-state index in [1.807, 2.05) is 36.4 Å². The number of carbonyl (C=O) groups excluding carboxylic acids is 1. The Morgan fingerprint density at radius 2 is 2.04 bits per heavy atom. The van der Waals surface area contributed by atoms with Gasteiger partial charge in [0.05, 0.1) is 13.3 Å². The standard InChI is InChI=1S/C21H19NO4S/c1-13-10-15-11-16(25-21-22-12-18(27-21)20(23)24-2)8-9-17(15)26-19(13)14-6-4-3-5-7-14/h3-9,11-13,19H,10H2,1-2H3. The minimum absolute atomic E-state index is 0.0482. The van der Waals surface area contributed by atoms with Crippen LogP contribution in [0, 0.1) is 5.92 Å². The minimum Gasteiger partial charge on any atom is -0.485 e. The molecule has 6 heteroatoms. The lowest BCUT2D eigenvalue weighted by Crippen LogP contribution is -2.23. The second-order valence-corrected chi connectivity index (χ2v) is 7.48. The van der Waals surface area contributed by atoms with E-state index in [-0.39, 0.29) is 6.10 Å². The first-order valence-electron chi connectivity index (χ1n) is 8.70. The second-order valence-electron chi connectivity index (χ2n) is 6.48. The molecule has 2 unspecified atom stereocenters. The lowest BCUT2D eigenvalue weighted by atomic mass is 9.88. The molecule has 2 heterocycles. The molecule has 0 bridgehead atoms. The zero-order chi connectivity index (χ0) is 18.8. The number of hydrogen-bond acceptors (Lipinski definition) is 6. The molecule has 0 saturated carbocycles.